The lowest BCUT2D eigenvalue weighted by Gasteiger charge is -2.27. The van der Waals surface area contributed by atoms with Gasteiger partial charge in [0.25, 0.3) is 0 Å². The number of cyclic esters (lactones) is 1. The van der Waals surface area contributed by atoms with Gasteiger partial charge in [-0.25, -0.2) is 0 Å². The Bertz CT molecular complexity index is 165. The summed E-state index contributed by atoms with van der Waals surface area (Å²) in [5.41, 5.74) is 0. The van der Waals surface area contributed by atoms with Gasteiger partial charge in [0.05, 0.1) is 6.10 Å². The third-order valence-corrected chi connectivity index (χ3v) is 1.80. The Morgan fingerprint density at radius 2 is 2.55 bits per heavy atom. The topological polar surface area (TPSA) is 35.5 Å². The van der Waals surface area contributed by atoms with Crippen molar-refractivity contribution in [1.29, 1.82) is 0 Å². The lowest BCUT2D eigenvalue weighted by molar-refractivity contribution is -0.160. The molecule has 1 rings (SSSR count). The van der Waals surface area contributed by atoms with E-state index in [-0.39, 0.29) is 18.2 Å². The van der Waals surface area contributed by atoms with E-state index < -0.39 is 0 Å². The average Bonchev–Trinajstić information content (AvgIpc) is 2.04. The Morgan fingerprint density at radius 3 is 3.09 bits per heavy atom. The molecular formula is C8H12O3. The Labute approximate surface area is 66.0 Å². The highest BCUT2D eigenvalue weighted by Gasteiger charge is 2.27. The van der Waals surface area contributed by atoms with E-state index in [4.69, 9.17) is 9.47 Å². The molecule has 0 amide bonds. The molecule has 1 aliphatic heterocycles. The lowest BCUT2D eigenvalue weighted by Crippen LogP contribution is -2.36. The van der Waals surface area contributed by atoms with Crippen molar-refractivity contribution in [3.8, 4) is 0 Å². The minimum Gasteiger partial charge on any atom is -0.455 e. The van der Waals surface area contributed by atoms with Gasteiger partial charge in [-0.1, -0.05) is 6.58 Å². The summed E-state index contributed by atoms with van der Waals surface area (Å²) in [5.74, 6) is -0.164. The minimum absolute atomic E-state index is 0.00907. The fourth-order valence-electron chi connectivity index (χ4n) is 1.16. The first-order valence-electron chi connectivity index (χ1n) is 3.62. The summed E-state index contributed by atoms with van der Waals surface area (Å²) < 4.78 is 10.1. The first-order chi connectivity index (χ1) is 5.27. The van der Waals surface area contributed by atoms with Crippen molar-refractivity contribution in [2.75, 3.05) is 7.11 Å². The zero-order valence-electron chi connectivity index (χ0n) is 6.58. The number of hydrogen-bond acceptors (Lipinski definition) is 3. The highest BCUT2D eigenvalue weighted by atomic mass is 16.6. The third kappa shape index (κ3) is 1.80. The highest BCUT2D eigenvalue weighted by molar-refractivity contribution is 5.70. The summed E-state index contributed by atoms with van der Waals surface area (Å²) in [6.45, 7) is 3.56. The number of carbonyl (C=O) groups is 1. The maximum Gasteiger partial charge on any atom is 0.306 e. The predicted molar refractivity (Wildman–Crippen MR) is 40.1 cm³/mol. The van der Waals surface area contributed by atoms with Crippen LogP contribution in [0.4, 0.5) is 0 Å². The molecule has 1 aliphatic rings. The molecule has 1 heterocycles. The fourth-order valence-corrected chi connectivity index (χ4v) is 1.16. The summed E-state index contributed by atoms with van der Waals surface area (Å²) in [4.78, 5) is 10.8. The monoisotopic (exact) mass is 156 g/mol. The van der Waals surface area contributed by atoms with Crippen molar-refractivity contribution in [3.63, 3.8) is 0 Å². The van der Waals surface area contributed by atoms with Crippen LogP contribution in [0.1, 0.15) is 12.8 Å². The lowest BCUT2D eigenvalue weighted by atomic mass is 10.1. The van der Waals surface area contributed by atoms with Gasteiger partial charge in [-0.05, 0) is 12.5 Å². The van der Waals surface area contributed by atoms with E-state index in [1.807, 2.05) is 0 Å². The Hall–Kier alpha value is -0.830. The molecule has 0 bridgehead atoms. The Balaban J connectivity index is 2.54. The van der Waals surface area contributed by atoms with E-state index in [1.165, 1.54) is 0 Å². The van der Waals surface area contributed by atoms with Crippen molar-refractivity contribution in [3.05, 3.63) is 12.7 Å². The molecule has 0 N–H and O–H groups in total. The molecule has 3 nitrogen and oxygen atoms in total. The van der Waals surface area contributed by atoms with E-state index in [0.717, 1.165) is 6.42 Å². The van der Waals surface area contributed by atoms with Crippen LogP contribution in [0, 0.1) is 0 Å². The molecule has 0 aromatic heterocycles. The van der Waals surface area contributed by atoms with Crippen LogP contribution in [-0.2, 0) is 14.3 Å². The Kier molecular flexibility index (Phi) is 2.65. The van der Waals surface area contributed by atoms with Gasteiger partial charge in [0.15, 0.2) is 0 Å². The molecule has 0 spiro atoms. The van der Waals surface area contributed by atoms with Gasteiger partial charge < -0.3 is 9.47 Å². The molecule has 1 fully saturated rings. The van der Waals surface area contributed by atoms with Crippen molar-refractivity contribution >= 4 is 5.97 Å². The third-order valence-electron chi connectivity index (χ3n) is 1.80. The highest BCUT2D eigenvalue weighted by Crippen LogP contribution is 2.17. The van der Waals surface area contributed by atoms with Gasteiger partial charge in [0, 0.05) is 13.5 Å². The van der Waals surface area contributed by atoms with Gasteiger partial charge in [-0.15, -0.1) is 0 Å². The fraction of sp³-hybridized carbons (Fsp3) is 0.625. The second-order valence-corrected chi connectivity index (χ2v) is 2.50. The summed E-state index contributed by atoms with van der Waals surface area (Å²) >= 11 is 0. The maximum atomic E-state index is 10.8. The summed E-state index contributed by atoms with van der Waals surface area (Å²) in [6, 6.07) is 0. The number of rotatable bonds is 2. The molecule has 0 radical (unpaired) electrons. The first-order valence-corrected chi connectivity index (χ1v) is 3.62. The van der Waals surface area contributed by atoms with Crippen molar-refractivity contribution in [1.82, 2.24) is 0 Å². The van der Waals surface area contributed by atoms with Crippen LogP contribution < -0.4 is 0 Å². The van der Waals surface area contributed by atoms with E-state index in [1.54, 1.807) is 13.2 Å². The van der Waals surface area contributed by atoms with Crippen LogP contribution >= 0.6 is 0 Å². The van der Waals surface area contributed by atoms with Crippen LogP contribution in [0.2, 0.25) is 0 Å². The first kappa shape index (κ1) is 8.27. The molecule has 0 aromatic rings. The second kappa shape index (κ2) is 3.53. The number of carbonyl (C=O) groups excluding carboxylic acids is 1. The molecule has 2 atom stereocenters. The summed E-state index contributed by atoms with van der Waals surface area (Å²) in [7, 11) is 1.61. The van der Waals surface area contributed by atoms with Gasteiger partial charge >= 0.3 is 5.97 Å². The molecule has 62 valence electrons. The molecule has 11 heavy (non-hydrogen) atoms. The molecule has 1 saturated heterocycles. The summed E-state index contributed by atoms with van der Waals surface area (Å²) in [6.07, 6.45) is 2.51. The molecule has 0 unspecified atom stereocenters. The van der Waals surface area contributed by atoms with Crippen molar-refractivity contribution in [2.45, 2.75) is 25.0 Å². The smallest absolute Gasteiger partial charge is 0.306 e. The number of hydrogen-bond donors (Lipinski definition) is 0. The summed E-state index contributed by atoms with van der Waals surface area (Å²) in [5, 5.41) is 0. The van der Waals surface area contributed by atoms with Crippen LogP contribution in [-0.4, -0.2) is 25.3 Å². The van der Waals surface area contributed by atoms with Crippen molar-refractivity contribution < 1.29 is 14.3 Å². The number of ether oxygens (including phenoxy) is 2. The minimum atomic E-state index is -0.263. The van der Waals surface area contributed by atoms with Gasteiger partial charge in [0.1, 0.15) is 6.10 Å². The van der Waals surface area contributed by atoms with Gasteiger partial charge in [-0.2, -0.15) is 0 Å². The van der Waals surface area contributed by atoms with E-state index in [2.05, 4.69) is 6.58 Å². The molecule has 0 aromatic carbocycles. The molecule has 0 saturated carbocycles. The van der Waals surface area contributed by atoms with Crippen LogP contribution in [0.25, 0.3) is 0 Å². The quantitative estimate of drug-likeness (QED) is 0.440. The van der Waals surface area contributed by atoms with Crippen LogP contribution in [0.3, 0.4) is 0 Å². The Morgan fingerprint density at radius 1 is 1.82 bits per heavy atom. The molecular weight excluding hydrogens is 144 g/mol. The normalized spacial score (nSPS) is 31.2. The number of esters is 1. The van der Waals surface area contributed by atoms with E-state index >= 15 is 0 Å². The predicted octanol–water partition coefficient (Wildman–Crippen LogP) is 0.893. The van der Waals surface area contributed by atoms with Crippen LogP contribution in [0.15, 0.2) is 12.7 Å². The maximum absolute atomic E-state index is 10.8. The largest absolute Gasteiger partial charge is 0.455 e. The number of methoxy groups -OCH3 is 1. The second-order valence-electron chi connectivity index (χ2n) is 2.50. The SMILES string of the molecule is C=C[C@@H]1OC(=O)CC[C@H]1OC. The zero-order chi connectivity index (χ0) is 8.27. The standard InChI is InChI=1S/C8H12O3/c1-3-6-7(10-2)4-5-8(9)11-6/h3,6-7H,1,4-5H2,2H3/t6-,7+/m0/s1. The van der Waals surface area contributed by atoms with E-state index in [0.29, 0.717) is 6.42 Å². The van der Waals surface area contributed by atoms with Gasteiger partial charge in [-0.3, -0.25) is 4.79 Å². The average molecular weight is 156 g/mol. The van der Waals surface area contributed by atoms with E-state index in [9.17, 15) is 4.79 Å². The molecule has 3 heteroatoms. The molecule has 0 aliphatic carbocycles. The van der Waals surface area contributed by atoms with Gasteiger partial charge in [0.2, 0.25) is 0 Å². The van der Waals surface area contributed by atoms with Crippen molar-refractivity contribution in [2.24, 2.45) is 0 Å². The van der Waals surface area contributed by atoms with Crippen LogP contribution in [0.5, 0.6) is 0 Å². The zero-order valence-corrected chi connectivity index (χ0v) is 6.58.